The van der Waals surface area contributed by atoms with Crippen LogP contribution in [0.25, 0.3) is 11.3 Å². The highest BCUT2D eigenvalue weighted by molar-refractivity contribution is 5.57. The van der Waals surface area contributed by atoms with Crippen molar-refractivity contribution >= 4 is 0 Å². The molecule has 3 heteroatoms. The summed E-state index contributed by atoms with van der Waals surface area (Å²) in [6.07, 6.45) is 11.1. The van der Waals surface area contributed by atoms with Crippen molar-refractivity contribution in [1.29, 1.82) is 0 Å². The van der Waals surface area contributed by atoms with Gasteiger partial charge in [-0.05, 0) is 12.8 Å². The van der Waals surface area contributed by atoms with Crippen LogP contribution in [0.2, 0.25) is 0 Å². The van der Waals surface area contributed by atoms with E-state index in [0.29, 0.717) is 0 Å². The normalized spacial score (nSPS) is 17.9. The highest BCUT2D eigenvalue weighted by Gasteiger charge is 2.16. The van der Waals surface area contributed by atoms with Crippen LogP contribution in [0.15, 0.2) is 36.5 Å². The molecule has 1 fully saturated rings. The quantitative estimate of drug-likeness (QED) is 0.808. The monoisotopic (exact) mass is 254 g/mol. The van der Waals surface area contributed by atoms with Gasteiger partial charge in [0.25, 0.3) is 0 Å². The average Bonchev–Trinajstić information content (AvgIpc) is 2.89. The van der Waals surface area contributed by atoms with Crippen LogP contribution in [0.4, 0.5) is 0 Å². The molecule has 0 spiro atoms. The van der Waals surface area contributed by atoms with Gasteiger partial charge < -0.3 is 0 Å². The molecule has 1 saturated carbocycles. The minimum Gasteiger partial charge on any atom is -0.243 e. The van der Waals surface area contributed by atoms with Gasteiger partial charge in [0.15, 0.2) is 0 Å². The van der Waals surface area contributed by atoms with Crippen molar-refractivity contribution in [3.05, 3.63) is 42.6 Å². The number of rotatable bonds is 2. The van der Waals surface area contributed by atoms with Crippen LogP contribution in [0.1, 0.15) is 44.9 Å². The first-order valence-corrected chi connectivity index (χ1v) is 7.26. The van der Waals surface area contributed by atoms with Crippen LogP contribution in [-0.2, 0) is 0 Å². The van der Waals surface area contributed by atoms with Crippen molar-refractivity contribution in [1.82, 2.24) is 15.0 Å². The lowest BCUT2D eigenvalue weighted by atomic mass is 9.97. The van der Waals surface area contributed by atoms with E-state index in [9.17, 15) is 0 Å². The van der Waals surface area contributed by atoms with Gasteiger partial charge in [-0.1, -0.05) is 67.6 Å². The molecule has 0 saturated heterocycles. The Morgan fingerprint density at radius 3 is 2.26 bits per heavy atom. The molecule has 3 nitrogen and oxygen atoms in total. The van der Waals surface area contributed by atoms with Gasteiger partial charge in [-0.3, -0.25) is 0 Å². The molecule has 0 aliphatic heterocycles. The molecule has 0 atom stereocenters. The molecule has 1 radical (unpaired) electrons. The summed E-state index contributed by atoms with van der Waals surface area (Å²) in [4.78, 5) is 0. The molecular formula is C16H20N3. The maximum absolute atomic E-state index is 4.32. The predicted octanol–water partition coefficient (Wildman–Crippen LogP) is 4.07. The number of nitrogens with zero attached hydrogens (tertiary/aromatic N) is 3. The van der Waals surface area contributed by atoms with E-state index in [2.05, 4.69) is 28.6 Å². The number of hydrogen-bond donors (Lipinski definition) is 0. The second-order valence-corrected chi connectivity index (χ2v) is 5.25. The first-order chi connectivity index (χ1) is 9.43. The molecule has 0 amide bonds. The van der Waals surface area contributed by atoms with Crippen LogP contribution in [-0.4, -0.2) is 15.0 Å². The third-order valence-corrected chi connectivity index (χ3v) is 3.82. The molecule has 1 aliphatic carbocycles. The molecule has 1 heterocycles. The Kier molecular flexibility index (Phi) is 3.92. The van der Waals surface area contributed by atoms with Gasteiger partial charge in [0.05, 0.1) is 12.2 Å². The molecular weight excluding hydrogens is 234 g/mol. The zero-order valence-electron chi connectivity index (χ0n) is 11.3. The Bertz CT molecular complexity index is 496. The summed E-state index contributed by atoms with van der Waals surface area (Å²) in [6.45, 7) is 0. The van der Waals surface area contributed by atoms with Crippen LogP contribution in [0, 0.1) is 6.04 Å². The lowest BCUT2D eigenvalue weighted by molar-refractivity contribution is 0.467. The van der Waals surface area contributed by atoms with Crippen molar-refractivity contribution in [3.63, 3.8) is 0 Å². The molecule has 1 aromatic heterocycles. The van der Waals surface area contributed by atoms with E-state index in [4.69, 9.17) is 0 Å². The lowest BCUT2D eigenvalue weighted by Gasteiger charge is -2.18. The average molecular weight is 254 g/mol. The highest BCUT2D eigenvalue weighted by Crippen LogP contribution is 2.26. The fourth-order valence-electron chi connectivity index (χ4n) is 2.70. The third kappa shape index (κ3) is 3.03. The van der Waals surface area contributed by atoms with Crippen LogP contribution >= 0.6 is 0 Å². The second kappa shape index (κ2) is 6.00. The summed E-state index contributed by atoms with van der Waals surface area (Å²) < 4.78 is 2.01. The molecule has 3 rings (SSSR count). The minimum absolute atomic E-state index is 0.968. The number of hydrogen-bond acceptors (Lipinski definition) is 2. The number of benzene rings is 1. The van der Waals surface area contributed by atoms with E-state index in [1.807, 2.05) is 22.9 Å². The Labute approximate surface area is 114 Å². The molecule has 0 bridgehead atoms. The molecule has 1 aromatic carbocycles. The Balaban J connectivity index is 1.76. The zero-order chi connectivity index (χ0) is 12.9. The smallest absolute Gasteiger partial charge is 0.113 e. The van der Waals surface area contributed by atoms with E-state index in [-0.39, 0.29) is 0 Å². The summed E-state index contributed by atoms with van der Waals surface area (Å²) in [6, 6.07) is 11.7. The lowest BCUT2D eigenvalue weighted by Crippen LogP contribution is -2.12. The van der Waals surface area contributed by atoms with Gasteiger partial charge in [-0.25, -0.2) is 4.68 Å². The summed E-state index contributed by atoms with van der Waals surface area (Å²) in [5.41, 5.74) is 2.11. The topological polar surface area (TPSA) is 30.7 Å². The maximum atomic E-state index is 4.32. The molecule has 0 N–H and O–H groups in total. The van der Waals surface area contributed by atoms with Gasteiger partial charge in [0.2, 0.25) is 0 Å². The fraction of sp³-hybridized carbons (Fsp3) is 0.438. The Morgan fingerprint density at radius 1 is 0.842 bits per heavy atom. The third-order valence-electron chi connectivity index (χ3n) is 3.82. The molecule has 2 aromatic rings. The van der Waals surface area contributed by atoms with E-state index in [1.165, 1.54) is 38.1 Å². The van der Waals surface area contributed by atoms with E-state index < -0.39 is 0 Å². The zero-order valence-corrected chi connectivity index (χ0v) is 11.3. The SMILES string of the molecule is c1ccc(-c2cn([C]3CCCCCCC3)nn2)cc1. The first-order valence-electron chi connectivity index (χ1n) is 7.26. The molecule has 0 unspecified atom stereocenters. The van der Waals surface area contributed by atoms with E-state index in [1.54, 1.807) is 0 Å². The van der Waals surface area contributed by atoms with Gasteiger partial charge in [-0.2, -0.15) is 0 Å². The predicted molar refractivity (Wildman–Crippen MR) is 76.4 cm³/mol. The van der Waals surface area contributed by atoms with Gasteiger partial charge in [0, 0.05) is 5.56 Å². The van der Waals surface area contributed by atoms with Crippen LogP contribution in [0.3, 0.4) is 0 Å². The highest BCUT2D eigenvalue weighted by atomic mass is 15.4. The van der Waals surface area contributed by atoms with E-state index >= 15 is 0 Å². The van der Waals surface area contributed by atoms with Crippen molar-refractivity contribution in [2.24, 2.45) is 0 Å². The second-order valence-electron chi connectivity index (χ2n) is 5.25. The van der Waals surface area contributed by atoms with Crippen molar-refractivity contribution in [2.75, 3.05) is 0 Å². The van der Waals surface area contributed by atoms with Gasteiger partial charge >= 0.3 is 0 Å². The van der Waals surface area contributed by atoms with Crippen LogP contribution in [0.5, 0.6) is 0 Å². The molecule has 19 heavy (non-hydrogen) atoms. The van der Waals surface area contributed by atoms with E-state index in [0.717, 1.165) is 24.1 Å². The maximum Gasteiger partial charge on any atom is 0.113 e. The van der Waals surface area contributed by atoms with Crippen molar-refractivity contribution < 1.29 is 0 Å². The molecule has 1 aliphatic rings. The Morgan fingerprint density at radius 2 is 1.53 bits per heavy atom. The van der Waals surface area contributed by atoms with Gasteiger partial charge in [-0.15, -0.1) is 5.10 Å². The Hall–Kier alpha value is -1.64. The van der Waals surface area contributed by atoms with Crippen LogP contribution < -0.4 is 0 Å². The standard InChI is InChI=1S/C16H20N3/c1-2-7-11-15(12-8-3-1)19-13-16(17-18-19)14-9-5-4-6-10-14/h4-6,9-10,13H,1-3,7-8,11-12H2. The molecule has 99 valence electrons. The summed E-state index contributed by atoms with van der Waals surface area (Å²) in [5.74, 6) is 0. The van der Waals surface area contributed by atoms with Gasteiger partial charge in [0.1, 0.15) is 5.69 Å². The van der Waals surface area contributed by atoms with Crippen molar-refractivity contribution in [2.45, 2.75) is 44.9 Å². The fourth-order valence-corrected chi connectivity index (χ4v) is 2.70. The first kappa shape index (κ1) is 12.4. The summed E-state index contributed by atoms with van der Waals surface area (Å²) in [7, 11) is 0. The summed E-state index contributed by atoms with van der Waals surface area (Å²) in [5, 5.41) is 8.63. The van der Waals surface area contributed by atoms with Crippen molar-refractivity contribution in [3.8, 4) is 11.3 Å². The largest absolute Gasteiger partial charge is 0.243 e. The summed E-state index contributed by atoms with van der Waals surface area (Å²) >= 11 is 0. The minimum atomic E-state index is 0.968. The number of aromatic nitrogens is 3.